The summed E-state index contributed by atoms with van der Waals surface area (Å²) in [6.45, 7) is -0.427. The molecule has 1 unspecified atom stereocenters. The first-order chi connectivity index (χ1) is 4.04. The fourth-order valence-corrected chi connectivity index (χ4v) is 0.467. The fraction of sp³-hybridized carbons (Fsp3) is 0.667. The van der Waals surface area contributed by atoms with Gasteiger partial charge in [-0.25, -0.2) is 4.21 Å². The number of nitrogens with zero attached hydrogens (tertiary/aromatic N) is 1. The lowest BCUT2D eigenvalue weighted by atomic mass is 10.7. The van der Waals surface area contributed by atoms with Crippen LogP contribution in [-0.2, 0) is 16.1 Å². The predicted octanol–water partition coefficient (Wildman–Crippen LogP) is -0.860. The third kappa shape index (κ3) is 4.07. The van der Waals surface area contributed by atoms with Gasteiger partial charge in [0.05, 0.1) is 0 Å². The highest BCUT2D eigenvalue weighted by Crippen LogP contribution is 1.83. The molecule has 0 rings (SSSR count). The van der Waals surface area contributed by atoms with Crippen LogP contribution in [0.25, 0.3) is 0 Å². The molecule has 0 bridgehead atoms. The Hall–Kier alpha value is -0.460. The molecule has 2 N–H and O–H groups in total. The van der Waals surface area contributed by atoms with Crippen LogP contribution in [0.3, 0.4) is 0 Å². The SMILES string of the molecule is CN(CC(=O)O)S(=O)O. The maximum absolute atomic E-state index is 10.0. The van der Waals surface area contributed by atoms with Gasteiger partial charge >= 0.3 is 5.97 Å². The van der Waals surface area contributed by atoms with Crippen molar-refractivity contribution in [2.75, 3.05) is 13.6 Å². The standard InChI is InChI=1S/C3H7NO4S/c1-4(9(7)8)2-3(5)6/h2H2,1H3,(H,5,6)(H,7,8). The van der Waals surface area contributed by atoms with Gasteiger partial charge in [0, 0.05) is 7.05 Å². The minimum atomic E-state index is -2.18. The normalized spacial score (nSPS) is 13.7. The Bertz CT molecular complexity index is 136. The summed E-state index contributed by atoms with van der Waals surface area (Å²) < 4.78 is 19.0. The molecule has 0 heterocycles. The van der Waals surface area contributed by atoms with Crippen molar-refractivity contribution in [2.24, 2.45) is 0 Å². The van der Waals surface area contributed by atoms with Crippen LogP contribution in [0.2, 0.25) is 0 Å². The van der Waals surface area contributed by atoms with Gasteiger partial charge in [0.1, 0.15) is 6.54 Å². The number of carbonyl (C=O) groups is 1. The van der Waals surface area contributed by atoms with E-state index >= 15 is 0 Å². The Kier molecular flexibility index (Phi) is 3.36. The second-order valence-electron chi connectivity index (χ2n) is 1.41. The van der Waals surface area contributed by atoms with Crippen LogP contribution in [0.5, 0.6) is 0 Å². The molecular weight excluding hydrogens is 146 g/mol. The van der Waals surface area contributed by atoms with Crippen molar-refractivity contribution in [1.29, 1.82) is 0 Å². The third-order valence-electron chi connectivity index (χ3n) is 0.625. The average Bonchev–Trinajstić information content (AvgIpc) is 1.63. The highest BCUT2D eigenvalue weighted by atomic mass is 32.2. The second-order valence-corrected chi connectivity index (χ2v) is 2.50. The maximum atomic E-state index is 10.0. The molecule has 0 fully saturated rings. The van der Waals surface area contributed by atoms with Crippen molar-refractivity contribution in [3.8, 4) is 0 Å². The van der Waals surface area contributed by atoms with Crippen molar-refractivity contribution in [3.05, 3.63) is 0 Å². The Labute approximate surface area is 54.7 Å². The van der Waals surface area contributed by atoms with E-state index in [0.29, 0.717) is 0 Å². The first-order valence-electron chi connectivity index (χ1n) is 2.08. The highest BCUT2D eigenvalue weighted by molar-refractivity contribution is 7.76. The predicted molar refractivity (Wildman–Crippen MR) is 31.0 cm³/mol. The van der Waals surface area contributed by atoms with E-state index in [1.165, 1.54) is 7.05 Å². The van der Waals surface area contributed by atoms with Gasteiger partial charge in [0.2, 0.25) is 11.3 Å². The third-order valence-corrected chi connectivity index (χ3v) is 1.29. The Morgan fingerprint density at radius 1 is 1.78 bits per heavy atom. The van der Waals surface area contributed by atoms with Gasteiger partial charge in [-0.3, -0.25) is 9.35 Å². The number of aliphatic carboxylic acids is 1. The summed E-state index contributed by atoms with van der Waals surface area (Å²) >= 11 is -2.18. The Balaban J connectivity index is 3.63. The smallest absolute Gasteiger partial charge is 0.318 e. The van der Waals surface area contributed by atoms with Gasteiger partial charge in [0.15, 0.2) is 0 Å². The van der Waals surface area contributed by atoms with Crippen LogP contribution >= 0.6 is 0 Å². The van der Waals surface area contributed by atoms with E-state index < -0.39 is 23.8 Å². The van der Waals surface area contributed by atoms with Gasteiger partial charge in [-0.15, -0.1) is 0 Å². The largest absolute Gasteiger partial charge is 0.480 e. The van der Waals surface area contributed by atoms with E-state index in [1.807, 2.05) is 0 Å². The van der Waals surface area contributed by atoms with E-state index in [-0.39, 0.29) is 0 Å². The molecule has 0 saturated carbocycles. The number of hydrogen-bond acceptors (Lipinski definition) is 2. The minimum absolute atomic E-state index is 0.427. The second kappa shape index (κ2) is 3.54. The summed E-state index contributed by atoms with van der Waals surface area (Å²) in [6.07, 6.45) is 0. The van der Waals surface area contributed by atoms with Crippen molar-refractivity contribution in [1.82, 2.24) is 4.31 Å². The first kappa shape index (κ1) is 8.54. The Morgan fingerprint density at radius 2 is 2.22 bits per heavy atom. The molecule has 1 atom stereocenters. The van der Waals surface area contributed by atoms with Gasteiger partial charge in [-0.1, -0.05) is 0 Å². The molecule has 0 amide bonds. The summed E-state index contributed by atoms with van der Waals surface area (Å²) in [5.74, 6) is -1.13. The van der Waals surface area contributed by atoms with Crippen LogP contribution in [0.4, 0.5) is 0 Å². The lowest BCUT2D eigenvalue weighted by Gasteiger charge is -2.05. The molecular formula is C3H7NO4S. The summed E-state index contributed by atoms with van der Waals surface area (Å²) in [5, 5.41) is 8.05. The molecule has 54 valence electrons. The average molecular weight is 153 g/mol. The lowest BCUT2D eigenvalue weighted by molar-refractivity contribution is -0.137. The van der Waals surface area contributed by atoms with Crippen LogP contribution in [0.15, 0.2) is 0 Å². The zero-order valence-corrected chi connectivity index (χ0v) is 5.59. The van der Waals surface area contributed by atoms with Crippen molar-refractivity contribution in [3.63, 3.8) is 0 Å². The lowest BCUT2D eigenvalue weighted by Crippen LogP contribution is -2.26. The number of likely N-dealkylation sites (N-methyl/N-ethyl adjacent to an activating group) is 1. The monoisotopic (exact) mass is 153 g/mol. The summed E-state index contributed by atoms with van der Waals surface area (Å²) in [4.78, 5) is 9.83. The molecule has 0 aliphatic rings. The Morgan fingerprint density at radius 3 is 2.33 bits per heavy atom. The highest BCUT2D eigenvalue weighted by Gasteiger charge is 2.07. The van der Waals surface area contributed by atoms with E-state index in [1.54, 1.807) is 0 Å². The number of rotatable bonds is 3. The molecule has 0 spiro atoms. The molecule has 6 heteroatoms. The summed E-state index contributed by atoms with van der Waals surface area (Å²) in [6, 6.07) is 0. The molecule has 9 heavy (non-hydrogen) atoms. The van der Waals surface area contributed by atoms with Gasteiger partial charge in [-0.2, -0.15) is 4.31 Å². The number of hydrogen-bond donors (Lipinski definition) is 2. The van der Waals surface area contributed by atoms with Crippen molar-refractivity contribution < 1.29 is 18.7 Å². The van der Waals surface area contributed by atoms with Gasteiger partial charge < -0.3 is 5.11 Å². The quantitative estimate of drug-likeness (QED) is 0.517. The molecule has 0 radical (unpaired) electrons. The van der Waals surface area contributed by atoms with Gasteiger partial charge in [0.25, 0.3) is 0 Å². The molecule has 0 aliphatic carbocycles. The molecule has 0 aromatic rings. The van der Waals surface area contributed by atoms with E-state index in [4.69, 9.17) is 9.66 Å². The van der Waals surface area contributed by atoms with Crippen LogP contribution in [0.1, 0.15) is 0 Å². The zero-order valence-electron chi connectivity index (χ0n) is 4.77. The van der Waals surface area contributed by atoms with E-state index in [0.717, 1.165) is 4.31 Å². The summed E-state index contributed by atoms with van der Waals surface area (Å²) in [5.41, 5.74) is 0. The van der Waals surface area contributed by atoms with Gasteiger partial charge in [-0.05, 0) is 0 Å². The van der Waals surface area contributed by atoms with Crippen LogP contribution < -0.4 is 0 Å². The molecule has 0 aromatic carbocycles. The number of carboxylic acids is 1. The van der Waals surface area contributed by atoms with Crippen molar-refractivity contribution >= 4 is 17.2 Å². The van der Waals surface area contributed by atoms with Crippen LogP contribution in [0, 0.1) is 0 Å². The van der Waals surface area contributed by atoms with E-state index in [9.17, 15) is 9.00 Å². The fourth-order valence-electron chi connectivity index (χ4n) is 0.246. The van der Waals surface area contributed by atoms with Crippen molar-refractivity contribution in [2.45, 2.75) is 0 Å². The first-order valence-corrected chi connectivity index (χ1v) is 3.14. The van der Waals surface area contributed by atoms with Crippen LogP contribution in [-0.4, -0.2) is 37.7 Å². The molecule has 0 aliphatic heterocycles. The number of carboxylic acid groups (broad SMARTS) is 1. The molecule has 5 nitrogen and oxygen atoms in total. The van der Waals surface area contributed by atoms with E-state index in [2.05, 4.69) is 0 Å². The summed E-state index contributed by atoms with van der Waals surface area (Å²) in [7, 11) is 1.24. The topological polar surface area (TPSA) is 77.8 Å². The molecule has 0 aromatic heterocycles. The minimum Gasteiger partial charge on any atom is -0.480 e. The zero-order chi connectivity index (χ0) is 7.44. The molecule has 0 saturated heterocycles. The maximum Gasteiger partial charge on any atom is 0.318 e.